The summed E-state index contributed by atoms with van der Waals surface area (Å²) < 4.78 is 0. The van der Waals surface area contributed by atoms with E-state index in [2.05, 4.69) is 20.6 Å². The first-order valence-corrected chi connectivity index (χ1v) is 8.58. The molecule has 0 fully saturated rings. The van der Waals surface area contributed by atoms with E-state index in [9.17, 15) is 9.59 Å². The van der Waals surface area contributed by atoms with Crippen LogP contribution in [0, 0.1) is 6.92 Å². The third kappa shape index (κ3) is 4.68. The van der Waals surface area contributed by atoms with Gasteiger partial charge in [-0.15, -0.1) is 0 Å². The largest absolute Gasteiger partial charge is 0.339 e. The average molecular weight is 381 g/mol. The van der Waals surface area contributed by atoms with E-state index < -0.39 is 0 Å². The number of ketones is 1. The van der Waals surface area contributed by atoms with Crippen molar-refractivity contribution >= 4 is 40.5 Å². The van der Waals surface area contributed by atoms with Gasteiger partial charge in [-0.3, -0.25) is 9.59 Å². The van der Waals surface area contributed by atoms with E-state index in [1.54, 1.807) is 42.5 Å². The predicted octanol–water partition coefficient (Wildman–Crippen LogP) is 4.64. The second-order valence-corrected chi connectivity index (χ2v) is 6.40. The van der Waals surface area contributed by atoms with E-state index in [1.807, 2.05) is 6.92 Å². The Labute approximate surface area is 161 Å². The maximum Gasteiger partial charge on any atom is 0.275 e. The molecular formula is C20H17ClN4O2. The third-order valence-corrected chi connectivity index (χ3v) is 4.12. The fourth-order valence-electron chi connectivity index (χ4n) is 2.40. The van der Waals surface area contributed by atoms with Crippen LogP contribution in [0.5, 0.6) is 0 Å². The first kappa shape index (κ1) is 18.5. The van der Waals surface area contributed by atoms with Gasteiger partial charge in [0.15, 0.2) is 5.78 Å². The molecule has 1 heterocycles. The number of benzene rings is 2. The Kier molecular flexibility index (Phi) is 5.47. The van der Waals surface area contributed by atoms with Gasteiger partial charge in [-0.2, -0.15) is 0 Å². The number of Topliss-reactive ketones (excluding diaryl/α,β-unsaturated/α-hetero) is 1. The lowest BCUT2D eigenvalue weighted by Crippen LogP contribution is -2.15. The second kappa shape index (κ2) is 7.97. The highest BCUT2D eigenvalue weighted by atomic mass is 35.5. The molecule has 0 aliphatic heterocycles. The van der Waals surface area contributed by atoms with E-state index in [-0.39, 0.29) is 17.4 Å². The molecule has 0 spiro atoms. The zero-order valence-corrected chi connectivity index (χ0v) is 15.5. The number of nitrogens with zero attached hydrogens (tertiary/aromatic N) is 2. The Bertz CT molecular complexity index is 986. The molecule has 2 N–H and O–H groups in total. The number of carbonyl (C=O) groups excluding carboxylic acids is 2. The fourth-order valence-corrected chi connectivity index (χ4v) is 2.63. The van der Waals surface area contributed by atoms with Crippen LogP contribution in [-0.4, -0.2) is 21.7 Å². The minimum absolute atomic E-state index is 0.00707. The van der Waals surface area contributed by atoms with Crippen LogP contribution >= 0.6 is 11.6 Å². The minimum atomic E-state index is -0.356. The lowest BCUT2D eigenvalue weighted by Gasteiger charge is -2.09. The van der Waals surface area contributed by atoms with Crippen LogP contribution in [0.15, 0.2) is 54.9 Å². The second-order valence-electron chi connectivity index (χ2n) is 5.96. The molecule has 0 radical (unpaired) electrons. The lowest BCUT2D eigenvalue weighted by molar-refractivity contribution is 0.101. The summed E-state index contributed by atoms with van der Waals surface area (Å²) in [4.78, 5) is 32.0. The molecule has 1 aromatic heterocycles. The average Bonchev–Trinajstić information content (AvgIpc) is 2.65. The van der Waals surface area contributed by atoms with Crippen LogP contribution < -0.4 is 10.6 Å². The molecule has 1 amide bonds. The van der Waals surface area contributed by atoms with E-state index in [0.29, 0.717) is 22.1 Å². The molecule has 0 unspecified atom stereocenters. The Hall–Kier alpha value is -3.25. The first-order valence-electron chi connectivity index (χ1n) is 8.20. The maximum absolute atomic E-state index is 12.3. The van der Waals surface area contributed by atoms with Gasteiger partial charge in [0, 0.05) is 22.0 Å². The predicted molar refractivity (Wildman–Crippen MR) is 106 cm³/mol. The smallest absolute Gasteiger partial charge is 0.275 e. The van der Waals surface area contributed by atoms with E-state index >= 15 is 0 Å². The molecule has 0 aliphatic rings. The summed E-state index contributed by atoms with van der Waals surface area (Å²) in [7, 11) is 0. The van der Waals surface area contributed by atoms with Crippen LogP contribution in [0.3, 0.4) is 0 Å². The number of anilines is 3. The van der Waals surface area contributed by atoms with Crippen molar-refractivity contribution in [1.82, 2.24) is 9.97 Å². The number of hydrogen-bond acceptors (Lipinski definition) is 5. The van der Waals surface area contributed by atoms with Gasteiger partial charge < -0.3 is 10.6 Å². The topological polar surface area (TPSA) is 84.0 Å². The number of hydrogen-bond donors (Lipinski definition) is 2. The molecule has 136 valence electrons. The number of halogens is 1. The van der Waals surface area contributed by atoms with Gasteiger partial charge in [0.25, 0.3) is 5.91 Å². The molecule has 2 aromatic carbocycles. The first-order chi connectivity index (χ1) is 12.9. The zero-order valence-electron chi connectivity index (χ0n) is 14.8. The molecule has 3 aromatic rings. The maximum atomic E-state index is 12.3. The monoisotopic (exact) mass is 380 g/mol. The number of rotatable bonds is 5. The summed E-state index contributed by atoms with van der Waals surface area (Å²) >= 11 is 5.92. The number of amides is 1. The molecule has 0 aliphatic carbocycles. The van der Waals surface area contributed by atoms with Gasteiger partial charge in [0.05, 0.1) is 12.4 Å². The molecule has 27 heavy (non-hydrogen) atoms. The number of carbonyl (C=O) groups is 2. The highest BCUT2D eigenvalue weighted by molar-refractivity contribution is 6.30. The summed E-state index contributed by atoms with van der Waals surface area (Å²) in [5.41, 5.74) is 3.12. The van der Waals surface area contributed by atoms with Crippen molar-refractivity contribution in [3.05, 3.63) is 76.7 Å². The summed E-state index contributed by atoms with van der Waals surface area (Å²) in [5, 5.41) is 6.47. The minimum Gasteiger partial charge on any atom is -0.339 e. The van der Waals surface area contributed by atoms with Crippen LogP contribution in [0.4, 0.5) is 17.2 Å². The normalized spacial score (nSPS) is 10.3. The highest BCUT2D eigenvalue weighted by Gasteiger charge is 2.10. The van der Waals surface area contributed by atoms with E-state index in [1.165, 1.54) is 19.3 Å². The molecule has 7 heteroatoms. The Morgan fingerprint density at radius 2 is 1.74 bits per heavy atom. The zero-order chi connectivity index (χ0) is 19.4. The van der Waals surface area contributed by atoms with Gasteiger partial charge in [0.1, 0.15) is 11.5 Å². The SMILES string of the molecule is CC(=O)c1ccc(Nc2cnc(C(=O)Nc3ccc(Cl)cc3C)cn2)cc1. The molecule has 0 saturated carbocycles. The van der Waals surface area contributed by atoms with Crippen LogP contribution in [0.2, 0.25) is 5.02 Å². The van der Waals surface area contributed by atoms with Crippen molar-refractivity contribution < 1.29 is 9.59 Å². The van der Waals surface area contributed by atoms with Gasteiger partial charge >= 0.3 is 0 Å². The van der Waals surface area contributed by atoms with Crippen molar-refractivity contribution in [2.24, 2.45) is 0 Å². The van der Waals surface area contributed by atoms with Gasteiger partial charge in [-0.05, 0) is 61.9 Å². The summed E-state index contributed by atoms with van der Waals surface area (Å²) in [5.74, 6) is 0.141. The van der Waals surface area contributed by atoms with E-state index in [4.69, 9.17) is 11.6 Å². The van der Waals surface area contributed by atoms with Crippen LogP contribution in [0.1, 0.15) is 33.3 Å². The van der Waals surface area contributed by atoms with Crippen LogP contribution in [0.25, 0.3) is 0 Å². The van der Waals surface area contributed by atoms with Crippen molar-refractivity contribution in [3.8, 4) is 0 Å². The van der Waals surface area contributed by atoms with Gasteiger partial charge in [-0.1, -0.05) is 11.6 Å². The Balaban J connectivity index is 1.67. The van der Waals surface area contributed by atoms with Crippen molar-refractivity contribution in [2.45, 2.75) is 13.8 Å². The molecule has 6 nitrogen and oxygen atoms in total. The van der Waals surface area contributed by atoms with Crippen LogP contribution in [-0.2, 0) is 0 Å². The number of aryl methyl sites for hydroxylation is 1. The molecule has 0 saturated heterocycles. The highest BCUT2D eigenvalue weighted by Crippen LogP contribution is 2.20. The summed E-state index contributed by atoms with van der Waals surface area (Å²) in [6.45, 7) is 3.38. The van der Waals surface area contributed by atoms with Crippen molar-refractivity contribution in [2.75, 3.05) is 10.6 Å². The summed E-state index contributed by atoms with van der Waals surface area (Å²) in [6, 6.07) is 12.2. The quantitative estimate of drug-likeness (QED) is 0.630. The number of nitrogens with one attached hydrogen (secondary N) is 2. The third-order valence-electron chi connectivity index (χ3n) is 3.88. The van der Waals surface area contributed by atoms with Gasteiger partial charge in [-0.25, -0.2) is 9.97 Å². The molecular weight excluding hydrogens is 364 g/mol. The fraction of sp³-hybridized carbons (Fsp3) is 0.100. The van der Waals surface area contributed by atoms with Crippen molar-refractivity contribution in [3.63, 3.8) is 0 Å². The summed E-state index contributed by atoms with van der Waals surface area (Å²) in [6.07, 6.45) is 2.87. The standard InChI is InChI=1S/C20H17ClN4O2/c1-12-9-15(21)5-8-17(12)25-20(27)18-10-23-19(11-22-18)24-16-6-3-14(4-7-16)13(2)26/h3-11H,1-2H3,(H,23,24)(H,25,27). The van der Waals surface area contributed by atoms with E-state index in [0.717, 1.165) is 11.3 Å². The Morgan fingerprint density at radius 1 is 1.00 bits per heavy atom. The van der Waals surface area contributed by atoms with Crippen molar-refractivity contribution in [1.29, 1.82) is 0 Å². The molecule has 0 atom stereocenters. The van der Waals surface area contributed by atoms with Gasteiger partial charge in [0.2, 0.25) is 0 Å². The number of aromatic nitrogens is 2. The Morgan fingerprint density at radius 3 is 2.33 bits per heavy atom. The lowest BCUT2D eigenvalue weighted by atomic mass is 10.1. The molecule has 3 rings (SSSR count). The molecule has 0 bridgehead atoms.